The molecule has 2 aromatic rings. The molecule has 2 N–H and O–H groups in total. The number of halogens is 1. The molecule has 0 spiro atoms. The molecule has 0 bridgehead atoms. The van der Waals surface area contributed by atoms with Crippen LogP contribution in [-0.4, -0.2) is 14.6 Å². The van der Waals surface area contributed by atoms with Gasteiger partial charge < -0.3 is 4.42 Å². The van der Waals surface area contributed by atoms with E-state index < -0.39 is 15.8 Å². The van der Waals surface area contributed by atoms with Crippen LogP contribution in [0.3, 0.4) is 0 Å². The summed E-state index contributed by atoms with van der Waals surface area (Å²) in [7, 11) is -3.91. The Bertz CT molecular complexity index is 678. The Morgan fingerprint density at radius 1 is 1.33 bits per heavy atom. The summed E-state index contributed by atoms with van der Waals surface area (Å²) >= 11 is 0. The standard InChI is InChI=1S/C11H9FN2O3S/c12-10-6-9(18(13,15)16)3-4-11(10)14-7-8-2-1-5-17-8/h1-7H,(H2,13,15,16). The fourth-order valence-corrected chi connectivity index (χ4v) is 1.79. The van der Waals surface area contributed by atoms with E-state index in [2.05, 4.69) is 4.99 Å². The molecule has 1 aromatic carbocycles. The summed E-state index contributed by atoms with van der Waals surface area (Å²) in [5.41, 5.74) is -0.00111. The molecule has 7 heteroatoms. The van der Waals surface area contributed by atoms with E-state index in [4.69, 9.17) is 9.56 Å². The van der Waals surface area contributed by atoms with Gasteiger partial charge in [-0.1, -0.05) is 0 Å². The molecule has 0 aliphatic heterocycles. The summed E-state index contributed by atoms with van der Waals surface area (Å²) in [5.74, 6) is -0.311. The smallest absolute Gasteiger partial charge is 0.238 e. The van der Waals surface area contributed by atoms with Gasteiger partial charge in [-0.2, -0.15) is 0 Å². The second-order valence-electron chi connectivity index (χ2n) is 3.43. The first-order valence-corrected chi connectivity index (χ1v) is 6.41. The van der Waals surface area contributed by atoms with Gasteiger partial charge in [0, 0.05) is 0 Å². The molecular formula is C11H9FN2O3S. The average molecular weight is 268 g/mol. The number of aliphatic imine (C=N–C) groups is 1. The number of hydrogen-bond donors (Lipinski definition) is 1. The SMILES string of the molecule is NS(=O)(=O)c1ccc(N=Cc2ccco2)c(F)c1. The summed E-state index contributed by atoms with van der Waals surface area (Å²) in [4.78, 5) is 3.55. The van der Waals surface area contributed by atoms with Gasteiger partial charge in [-0.05, 0) is 30.3 Å². The highest BCUT2D eigenvalue weighted by Gasteiger charge is 2.10. The third-order valence-electron chi connectivity index (χ3n) is 2.12. The van der Waals surface area contributed by atoms with Crippen molar-refractivity contribution >= 4 is 21.9 Å². The van der Waals surface area contributed by atoms with Gasteiger partial charge in [0.1, 0.15) is 11.6 Å². The van der Waals surface area contributed by atoms with Crippen LogP contribution in [0.25, 0.3) is 0 Å². The highest BCUT2D eigenvalue weighted by molar-refractivity contribution is 7.89. The highest BCUT2D eigenvalue weighted by Crippen LogP contribution is 2.20. The van der Waals surface area contributed by atoms with E-state index in [1.54, 1.807) is 12.1 Å². The van der Waals surface area contributed by atoms with Gasteiger partial charge in [0.15, 0.2) is 0 Å². The van der Waals surface area contributed by atoms with Gasteiger partial charge in [-0.25, -0.2) is 22.9 Å². The van der Waals surface area contributed by atoms with Crippen LogP contribution in [0.2, 0.25) is 0 Å². The predicted molar refractivity (Wildman–Crippen MR) is 63.7 cm³/mol. The lowest BCUT2D eigenvalue weighted by Crippen LogP contribution is -2.12. The third-order valence-corrected chi connectivity index (χ3v) is 3.03. The molecule has 0 atom stereocenters. The fourth-order valence-electron chi connectivity index (χ4n) is 1.27. The molecule has 94 valence electrons. The van der Waals surface area contributed by atoms with Gasteiger partial charge in [0.05, 0.1) is 23.1 Å². The molecule has 0 aliphatic carbocycles. The zero-order valence-electron chi connectivity index (χ0n) is 9.08. The molecule has 18 heavy (non-hydrogen) atoms. The number of furan rings is 1. The largest absolute Gasteiger partial charge is 0.463 e. The molecule has 1 aromatic heterocycles. The molecule has 0 radical (unpaired) electrons. The summed E-state index contributed by atoms with van der Waals surface area (Å²) in [6.07, 6.45) is 2.79. The molecule has 0 fully saturated rings. The van der Waals surface area contributed by atoms with E-state index in [1.165, 1.54) is 24.6 Å². The summed E-state index contributed by atoms with van der Waals surface area (Å²) in [6, 6.07) is 6.56. The van der Waals surface area contributed by atoms with E-state index >= 15 is 0 Å². The minimum atomic E-state index is -3.91. The number of nitrogens with two attached hydrogens (primary N) is 1. The Labute approximate surface area is 103 Å². The normalized spacial score (nSPS) is 12.1. The van der Waals surface area contributed by atoms with Gasteiger partial charge in [0.2, 0.25) is 10.0 Å². The molecule has 5 nitrogen and oxygen atoms in total. The van der Waals surface area contributed by atoms with Crippen molar-refractivity contribution in [2.24, 2.45) is 10.1 Å². The Morgan fingerprint density at radius 3 is 2.67 bits per heavy atom. The summed E-state index contributed by atoms with van der Waals surface area (Å²) in [5, 5.41) is 4.88. The first-order chi connectivity index (χ1) is 8.47. The van der Waals surface area contributed by atoms with Crippen molar-refractivity contribution in [2.45, 2.75) is 4.90 Å². The molecule has 0 saturated carbocycles. The second kappa shape index (κ2) is 4.71. The van der Waals surface area contributed by atoms with Crippen molar-refractivity contribution in [2.75, 3.05) is 0 Å². The number of primary sulfonamides is 1. The molecule has 0 amide bonds. The maximum atomic E-state index is 13.5. The maximum Gasteiger partial charge on any atom is 0.238 e. The van der Waals surface area contributed by atoms with Gasteiger partial charge in [-0.15, -0.1) is 0 Å². The first kappa shape index (κ1) is 12.5. The van der Waals surface area contributed by atoms with Crippen LogP contribution in [0.15, 0.2) is 50.9 Å². The number of hydrogen-bond acceptors (Lipinski definition) is 4. The Kier molecular flexibility index (Phi) is 3.26. The number of sulfonamides is 1. The predicted octanol–water partition coefficient (Wildman–Crippen LogP) is 1.82. The number of nitrogens with zero attached hydrogens (tertiary/aromatic N) is 1. The molecule has 1 heterocycles. The van der Waals surface area contributed by atoms with Gasteiger partial charge in [-0.3, -0.25) is 0 Å². The lowest BCUT2D eigenvalue weighted by Gasteiger charge is -2.00. The van der Waals surface area contributed by atoms with Crippen molar-refractivity contribution in [1.29, 1.82) is 0 Å². The van der Waals surface area contributed by atoms with Crippen LogP contribution in [0.4, 0.5) is 10.1 Å². The molecule has 0 aliphatic rings. The summed E-state index contributed by atoms with van der Waals surface area (Å²) in [6.45, 7) is 0. The summed E-state index contributed by atoms with van der Waals surface area (Å²) < 4.78 is 40.5. The third kappa shape index (κ3) is 2.82. The van der Waals surface area contributed by atoms with Crippen molar-refractivity contribution in [3.8, 4) is 0 Å². The molecular weight excluding hydrogens is 259 g/mol. The second-order valence-corrected chi connectivity index (χ2v) is 4.99. The quantitative estimate of drug-likeness (QED) is 0.861. The van der Waals surface area contributed by atoms with Crippen LogP contribution in [0.1, 0.15) is 5.76 Å². The highest BCUT2D eigenvalue weighted by atomic mass is 32.2. The molecule has 2 rings (SSSR count). The monoisotopic (exact) mass is 268 g/mol. The zero-order valence-corrected chi connectivity index (χ0v) is 9.89. The van der Waals surface area contributed by atoms with Crippen molar-refractivity contribution in [1.82, 2.24) is 0 Å². The minimum Gasteiger partial charge on any atom is -0.463 e. The maximum absolute atomic E-state index is 13.5. The van der Waals surface area contributed by atoms with E-state index in [0.717, 1.165) is 6.07 Å². The van der Waals surface area contributed by atoms with Crippen LogP contribution in [-0.2, 0) is 10.0 Å². The minimum absolute atomic E-state index is 0.00111. The van der Waals surface area contributed by atoms with Crippen LogP contribution in [0.5, 0.6) is 0 Å². The molecule has 0 unspecified atom stereocenters. The Balaban J connectivity index is 2.31. The Hall–Kier alpha value is -1.99. The average Bonchev–Trinajstić information content (AvgIpc) is 2.79. The van der Waals surface area contributed by atoms with E-state index in [9.17, 15) is 12.8 Å². The first-order valence-electron chi connectivity index (χ1n) is 4.87. The van der Waals surface area contributed by atoms with E-state index in [1.807, 2.05) is 0 Å². The van der Waals surface area contributed by atoms with E-state index in [0.29, 0.717) is 5.76 Å². The van der Waals surface area contributed by atoms with Crippen molar-refractivity contribution in [3.05, 3.63) is 48.2 Å². The zero-order chi connectivity index (χ0) is 13.2. The van der Waals surface area contributed by atoms with Crippen molar-refractivity contribution < 1.29 is 17.2 Å². The lowest BCUT2D eigenvalue weighted by molar-refractivity contribution is 0.560. The fraction of sp³-hybridized carbons (Fsp3) is 0. The van der Waals surface area contributed by atoms with Crippen LogP contribution < -0.4 is 5.14 Å². The number of rotatable bonds is 3. The topological polar surface area (TPSA) is 85.7 Å². The Morgan fingerprint density at radius 2 is 2.11 bits per heavy atom. The van der Waals surface area contributed by atoms with Crippen molar-refractivity contribution in [3.63, 3.8) is 0 Å². The van der Waals surface area contributed by atoms with Crippen LogP contribution >= 0.6 is 0 Å². The lowest BCUT2D eigenvalue weighted by atomic mass is 10.3. The van der Waals surface area contributed by atoms with Crippen LogP contribution in [0, 0.1) is 5.82 Å². The molecule has 0 saturated heterocycles. The van der Waals surface area contributed by atoms with Gasteiger partial charge >= 0.3 is 0 Å². The number of benzene rings is 1. The van der Waals surface area contributed by atoms with Gasteiger partial charge in [0.25, 0.3) is 0 Å². The van der Waals surface area contributed by atoms with E-state index in [-0.39, 0.29) is 10.6 Å².